The molecule has 1 aliphatic carbocycles. The summed E-state index contributed by atoms with van der Waals surface area (Å²) in [6.07, 6.45) is 4.01. The molecule has 3 atom stereocenters. The minimum atomic E-state index is -0.542. The summed E-state index contributed by atoms with van der Waals surface area (Å²) in [5, 5.41) is 14.2. The summed E-state index contributed by atoms with van der Waals surface area (Å²) < 4.78 is 10.2. The molecular formula is C20H22N2O6. The Morgan fingerprint density at radius 2 is 2.00 bits per heavy atom. The zero-order valence-electron chi connectivity index (χ0n) is 15.7. The molecule has 0 aromatic heterocycles. The van der Waals surface area contributed by atoms with E-state index in [9.17, 15) is 19.7 Å². The van der Waals surface area contributed by atoms with E-state index < -0.39 is 22.7 Å². The molecule has 0 amide bonds. The fourth-order valence-electron chi connectivity index (χ4n) is 3.85. The lowest BCUT2D eigenvalue weighted by Crippen LogP contribution is -2.49. The van der Waals surface area contributed by atoms with Crippen LogP contribution >= 0.6 is 0 Å². The summed E-state index contributed by atoms with van der Waals surface area (Å²) in [5.41, 5.74) is 1.64. The topological polar surface area (TPSA) is 108 Å². The quantitative estimate of drug-likeness (QED) is 0.346. The van der Waals surface area contributed by atoms with E-state index in [1.807, 2.05) is 6.08 Å². The number of allylic oxidation sites excluding steroid dienone is 2. The summed E-state index contributed by atoms with van der Waals surface area (Å²) in [6, 6.07) is 5.84. The normalized spacial score (nSPS) is 23.8. The summed E-state index contributed by atoms with van der Waals surface area (Å²) >= 11 is 0. The molecule has 2 aliphatic rings. The van der Waals surface area contributed by atoms with E-state index in [-0.39, 0.29) is 30.7 Å². The van der Waals surface area contributed by atoms with Crippen molar-refractivity contribution in [3.8, 4) is 0 Å². The summed E-state index contributed by atoms with van der Waals surface area (Å²) in [7, 11) is 1.51. The second-order valence-electron chi connectivity index (χ2n) is 6.81. The molecule has 28 heavy (non-hydrogen) atoms. The number of methoxy groups -OCH3 is 1. The van der Waals surface area contributed by atoms with Crippen molar-refractivity contribution >= 4 is 17.4 Å². The van der Waals surface area contributed by atoms with Gasteiger partial charge >= 0.3 is 5.97 Å². The lowest BCUT2D eigenvalue weighted by Gasteiger charge is -2.41. The van der Waals surface area contributed by atoms with Gasteiger partial charge in [0.2, 0.25) is 0 Å². The monoisotopic (exact) mass is 386 g/mol. The van der Waals surface area contributed by atoms with Crippen LogP contribution in [0.5, 0.6) is 0 Å². The number of nitro groups is 1. The van der Waals surface area contributed by atoms with E-state index in [1.54, 1.807) is 19.1 Å². The lowest BCUT2D eigenvalue weighted by atomic mass is 9.69. The minimum Gasteiger partial charge on any atom is -0.460 e. The van der Waals surface area contributed by atoms with Gasteiger partial charge in [-0.05, 0) is 25.0 Å². The molecule has 148 valence electrons. The molecule has 1 aromatic rings. The molecule has 0 saturated heterocycles. The average molecular weight is 386 g/mol. The Labute approximate surface area is 162 Å². The van der Waals surface area contributed by atoms with Crippen LogP contribution in [0.15, 0.2) is 47.7 Å². The fourth-order valence-corrected chi connectivity index (χ4v) is 3.85. The maximum atomic E-state index is 12.8. The van der Waals surface area contributed by atoms with Crippen LogP contribution in [-0.4, -0.2) is 43.0 Å². The molecule has 0 spiro atoms. The van der Waals surface area contributed by atoms with Gasteiger partial charge in [0, 0.05) is 36.9 Å². The highest BCUT2D eigenvalue weighted by molar-refractivity contribution is 5.98. The number of carbonyl (C=O) groups is 2. The predicted molar refractivity (Wildman–Crippen MR) is 101 cm³/mol. The Hall–Kier alpha value is -3.00. The predicted octanol–water partition coefficient (Wildman–Crippen LogP) is 2.26. The zero-order chi connectivity index (χ0) is 20.3. The van der Waals surface area contributed by atoms with Crippen molar-refractivity contribution in [1.29, 1.82) is 0 Å². The van der Waals surface area contributed by atoms with Gasteiger partial charge in [-0.2, -0.15) is 0 Å². The van der Waals surface area contributed by atoms with Crippen LogP contribution < -0.4 is 5.32 Å². The summed E-state index contributed by atoms with van der Waals surface area (Å²) in [4.78, 5) is 36.0. The number of nitrogens with one attached hydrogen (secondary N) is 1. The van der Waals surface area contributed by atoms with Gasteiger partial charge in [-0.1, -0.05) is 18.2 Å². The standard InChI is InChI=1S/C20H22N2O6/c1-12-17(20(24)28-11-10-27-2)18(13-6-8-14(9-7-13)22(25)26)19-15(21-12)4-3-5-16(19)23/h3,5-9,15,18-19,21H,4,10-11H2,1-2H3/t15-,18+,19+/m1/s1. The molecule has 0 unspecified atom stereocenters. The van der Waals surface area contributed by atoms with E-state index in [2.05, 4.69) is 5.32 Å². The van der Waals surface area contributed by atoms with Crippen LogP contribution in [-0.2, 0) is 19.1 Å². The molecule has 8 nitrogen and oxygen atoms in total. The minimum absolute atomic E-state index is 0.0472. The Kier molecular flexibility index (Phi) is 5.89. The largest absolute Gasteiger partial charge is 0.460 e. The fraction of sp³-hybridized carbons (Fsp3) is 0.400. The molecule has 0 bridgehead atoms. The number of fused-ring (bicyclic) bond motifs is 1. The van der Waals surface area contributed by atoms with Crippen molar-refractivity contribution in [2.45, 2.75) is 25.3 Å². The van der Waals surface area contributed by atoms with Crippen molar-refractivity contribution in [2.24, 2.45) is 5.92 Å². The van der Waals surface area contributed by atoms with Gasteiger partial charge < -0.3 is 14.8 Å². The maximum Gasteiger partial charge on any atom is 0.336 e. The van der Waals surface area contributed by atoms with Crippen LogP contribution in [0.4, 0.5) is 5.69 Å². The number of ketones is 1. The van der Waals surface area contributed by atoms with E-state index >= 15 is 0 Å². The number of ether oxygens (including phenoxy) is 2. The van der Waals surface area contributed by atoms with E-state index in [0.29, 0.717) is 23.3 Å². The van der Waals surface area contributed by atoms with Gasteiger partial charge in [0.1, 0.15) is 6.61 Å². The second kappa shape index (κ2) is 8.35. The van der Waals surface area contributed by atoms with Crippen molar-refractivity contribution in [2.75, 3.05) is 20.3 Å². The number of esters is 1. The first-order valence-electron chi connectivity index (χ1n) is 9.02. The molecule has 1 N–H and O–H groups in total. The van der Waals surface area contributed by atoms with Crippen molar-refractivity contribution < 1.29 is 24.0 Å². The SMILES string of the molecule is COCCOC(=O)C1=C(C)N[C@@H]2CC=CC(=O)[C@H]2[C@H]1c1ccc([N+](=O)[O-])cc1. The second-order valence-corrected chi connectivity index (χ2v) is 6.81. The van der Waals surface area contributed by atoms with E-state index in [4.69, 9.17) is 9.47 Å². The lowest BCUT2D eigenvalue weighted by molar-refractivity contribution is -0.384. The molecular weight excluding hydrogens is 364 g/mol. The number of rotatable bonds is 6. The third-order valence-corrected chi connectivity index (χ3v) is 5.11. The number of nitro benzene ring substituents is 1. The molecule has 0 radical (unpaired) electrons. The number of non-ortho nitro benzene ring substituents is 1. The molecule has 1 heterocycles. The molecule has 0 saturated carbocycles. The Balaban J connectivity index is 2.03. The molecule has 8 heteroatoms. The van der Waals surface area contributed by atoms with Crippen LogP contribution in [0.25, 0.3) is 0 Å². The smallest absolute Gasteiger partial charge is 0.336 e. The van der Waals surface area contributed by atoms with Crippen LogP contribution in [0, 0.1) is 16.0 Å². The van der Waals surface area contributed by atoms with Gasteiger partial charge in [0.05, 0.1) is 23.0 Å². The third-order valence-electron chi connectivity index (χ3n) is 5.11. The van der Waals surface area contributed by atoms with Crippen LogP contribution in [0.2, 0.25) is 0 Å². The van der Waals surface area contributed by atoms with Crippen molar-refractivity contribution in [3.63, 3.8) is 0 Å². The zero-order valence-corrected chi connectivity index (χ0v) is 15.7. The Morgan fingerprint density at radius 1 is 1.29 bits per heavy atom. The Bertz CT molecular complexity index is 843. The molecule has 0 fully saturated rings. The summed E-state index contributed by atoms with van der Waals surface area (Å²) in [6.45, 7) is 2.15. The molecule has 3 rings (SSSR count). The maximum absolute atomic E-state index is 12.8. The van der Waals surface area contributed by atoms with Gasteiger partial charge in [0.15, 0.2) is 5.78 Å². The number of hydrogen-bond donors (Lipinski definition) is 1. The number of benzene rings is 1. The van der Waals surface area contributed by atoms with E-state index in [1.165, 1.54) is 25.3 Å². The molecule has 1 aromatic carbocycles. The van der Waals surface area contributed by atoms with Crippen LogP contribution in [0.3, 0.4) is 0 Å². The Morgan fingerprint density at radius 3 is 2.64 bits per heavy atom. The number of carbonyl (C=O) groups excluding carboxylic acids is 2. The van der Waals surface area contributed by atoms with Crippen molar-refractivity contribution in [1.82, 2.24) is 5.32 Å². The van der Waals surface area contributed by atoms with Gasteiger partial charge in [-0.25, -0.2) is 4.79 Å². The van der Waals surface area contributed by atoms with Gasteiger partial charge in [0.25, 0.3) is 5.69 Å². The number of hydrogen-bond acceptors (Lipinski definition) is 7. The molecule has 1 aliphatic heterocycles. The average Bonchev–Trinajstić information content (AvgIpc) is 2.67. The first kappa shape index (κ1) is 19.8. The van der Waals surface area contributed by atoms with Crippen molar-refractivity contribution in [3.05, 3.63) is 63.4 Å². The summed E-state index contributed by atoms with van der Waals surface area (Å²) in [5.74, 6) is -1.63. The third kappa shape index (κ3) is 3.82. The van der Waals surface area contributed by atoms with Gasteiger partial charge in [-0.3, -0.25) is 14.9 Å². The highest BCUT2D eigenvalue weighted by Crippen LogP contribution is 2.42. The first-order valence-corrected chi connectivity index (χ1v) is 9.02. The van der Waals surface area contributed by atoms with Crippen LogP contribution in [0.1, 0.15) is 24.8 Å². The highest BCUT2D eigenvalue weighted by Gasteiger charge is 2.45. The number of nitrogens with zero attached hydrogens (tertiary/aromatic N) is 1. The highest BCUT2D eigenvalue weighted by atomic mass is 16.6. The van der Waals surface area contributed by atoms with E-state index in [0.717, 1.165) is 0 Å². The first-order chi connectivity index (χ1) is 13.4. The van der Waals surface area contributed by atoms with Gasteiger partial charge in [-0.15, -0.1) is 0 Å².